The first-order chi connectivity index (χ1) is 14.3. The van der Waals surface area contributed by atoms with E-state index in [9.17, 15) is 19.7 Å². The van der Waals surface area contributed by atoms with Gasteiger partial charge in [-0.25, -0.2) is 4.79 Å². The third-order valence-corrected chi connectivity index (χ3v) is 4.78. The fraction of sp³-hybridized carbons (Fsp3) is 0.450. The van der Waals surface area contributed by atoms with Gasteiger partial charge < -0.3 is 14.2 Å². The smallest absolute Gasteiger partial charge is 0.336 e. The van der Waals surface area contributed by atoms with Crippen molar-refractivity contribution < 1.29 is 28.7 Å². The maximum Gasteiger partial charge on any atom is 0.336 e. The summed E-state index contributed by atoms with van der Waals surface area (Å²) >= 11 is 5.53. The molecule has 0 amide bonds. The van der Waals surface area contributed by atoms with Crippen LogP contribution in [0.3, 0.4) is 0 Å². The van der Waals surface area contributed by atoms with Crippen LogP contribution < -0.4 is 0 Å². The predicted octanol–water partition coefficient (Wildman–Crippen LogP) is 3.01. The molecule has 1 aromatic rings. The Balaban J connectivity index is 2.45. The van der Waals surface area contributed by atoms with Gasteiger partial charge in [0.25, 0.3) is 5.69 Å². The van der Waals surface area contributed by atoms with Crippen molar-refractivity contribution in [2.75, 3.05) is 32.8 Å². The normalized spacial score (nSPS) is 18.6. The van der Waals surface area contributed by atoms with Gasteiger partial charge in [0.05, 0.1) is 30.8 Å². The lowest BCUT2D eigenvalue weighted by molar-refractivity contribution is -0.384. The van der Waals surface area contributed by atoms with Crippen molar-refractivity contribution in [2.24, 2.45) is 10.9 Å². The quantitative estimate of drug-likeness (QED) is 0.191. The molecule has 9 nitrogen and oxygen atoms in total. The zero-order chi connectivity index (χ0) is 22.3. The number of allylic oxidation sites excluding steroid dienone is 1. The minimum absolute atomic E-state index is 0.0141. The predicted molar refractivity (Wildman–Crippen MR) is 110 cm³/mol. The Kier molecular flexibility index (Phi) is 8.49. The lowest BCUT2D eigenvalue weighted by Gasteiger charge is -2.31. The standard InChI is InChI=1S/C20H23ClN2O7/c1-12-16(19(24)28-3)18(14-5-4-6-15(11-14)23(26)27)17(13(2)22-12)20(25)30-10-9-29-8-7-21/h4-6,11,16,18H,7-10H2,1-3H3. The van der Waals surface area contributed by atoms with Crippen molar-refractivity contribution in [2.45, 2.75) is 19.8 Å². The first-order valence-electron chi connectivity index (χ1n) is 9.20. The molecule has 0 bridgehead atoms. The molecule has 0 aliphatic carbocycles. The summed E-state index contributed by atoms with van der Waals surface area (Å²) in [5.41, 5.74) is 1.22. The van der Waals surface area contributed by atoms with Crippen molar-refractivity contribution >= 4 is 34.9 Å². The average molecular weight is 439 g/mol. The number of nitro benzene ring substituents is 1. The molecule has 1 aromatic carbocycles. The molecule has 30 heavy (non-hydrogen) atoms. The number of non-ortho nitro benzene ring substituents is 1. The summed E-state index contributed by atoms with van der Waals surface area (Å²) in [5.74, 6) is -2.72. The molecule has 162 valence electrons. The summed E-state index contributed by atoms with van der Waals surface area (Å²) in [6, 6.07) is 5.80. The van der Waals surface area contributed by atoms with Crippen LogP contribution in [0.25, 0.3) is 0 Å². The number of aliphatic imine (C=N–C) groups is 1. The Morgan fingerprint density at radius 3 is 2.60 bits per heavy atom. The molecule has 2 rings (SSSR count). The summed E-state index contributed by atoms with van der Waals surface area (Å²) in [6.07, 6.45) is 0. The molecule has 10 heteroatoms. The van der Waals surface area contributed by atoms with E-state index in [1.807, 2.05) is 0 Å². The first kappa shape index (κ1) is 23.5. The molecule has 0 aromatic heterocycles. The van der Waals surface area contributed by atoms with Crippen molar-refractivity contribution in [1.29, 1.82) is 0 Å². The van der Waals surface area contributed by atoms with Gasteiger partial charge in [0.1, 0.15) is 12.5 Å². The number of carbonyl (C=O) groups excluding carboxylic acids is 2. The van der Waals surface area contributed by atoms with Gasteiger partial charge in [-0.05, 0) is 19.4 Å². The molecule has 0 fully saturated rings. The average Bonchev–Trinajstić information content (AvgIpc) is 2.72. The Hall–Kier alpha value is -2.78. The van der Waals surface area contributed by atoms with E-state index in [4.69, 9.17) is 25.8 Å². The molecule has 0 radical (unpaired) electrons. The molecule has 0 N–H and O–H groups in total. The van der Waals surface area contributed by atoms with E-state index < -0.39 is 28.7 Å². The van der Waals surface area contributed by atoms with Crippen molar-refractivity contribution in [3.63, 3.8) is 0 Å². The number of carbonyl (C=O) groups is 2. The molecule has 1 aliphatic rings. The highest BCUT2D eigenvalue weighted by Crippen LogP contribution is 2.40. The van der Waals surface area contributed by atoms with Gasteiger partial charge in [-0.15, -0.1) is 11.6 Å². The number of hydrogen-bond acceptors (Lipinski definition) is 8. The van der Waals surface area contributed by atoms with Crippen LogP contribution in [0.15, 0.2) is 40.5 Å². The minimum Gasteiger partial charge on any atom is -0.468 e. The van der Waals surface area contributed by atoms with Crippen LogP contribution in [0.5, 0.6) is 0 Å². The summed E-state index contributed by atoms with van der Waals surface area (Å²) < 4.78 is 15.4. The Bertz CT molecular complexity index is 882. The Morgan fingerprint density at radius 1 is 1.23 bits per heavy atom. The number of esters is 2. The van der Waals surface area contributed by atoms with E-state index in [1.165, 1.54) is 25.3 Å². The Labute approximate surface area is 178 Å². The van der Waals surface area contributed by atoms with Gasteiger partial charge in [0.2, 0.25) is 0 Å². The number of hydrogen-bond donors (Lipinski definition) is 0. The molecule has 1 heterocycles. The van der Waals surface area contributed by atoms with Gasteiger partial charge in [0, 0.05) is 35.3 Å². The lowest BCUT2D eigenvalue weighted by atomic mass is 9.75. The van der Waals surface area contributed by atoms with Crippen molar-refractivity contribution in [3.8, 4) is 0 Å². The molecule has 2 unspecified atom stereocenters. The summed E-state index contributed by atoms with van der Waals surface area (Å²) in [7, 11) is 1.23. The number of rotatable bonds is 9. The largest absolute Gasteiger partial charge is 0.468 e. The molecular weight excluding hydrogens is 416 g/mol. The molecule has 2 atom stereocenters. The highest BCUT2D eigenvalue weighted by atomic mass is 35.5. The fourth-order valence-corrected chi connectivity index (χ4v) is 3.46. The molecule has 0 spiro atoms. The zero-order valence-corrected chi connectivity index (χ0v) is 17.7. The third kappa shape index (κ3) is 5.43. The maximum absolute atomic E-state index is 12.9. The van der Waals surface area contributed by atoms with E-state index in [1.54, 1.807) is 19.9 Å². The minimum atomic E-state index is -0.921. The van der Waals surface area contributed by atoms with Crippen LogP contribution in [0.4, 0.5) is 5.69 Å². The topological polar surface area (TPSA) is 117 Å². The number of nitro groups is 1. The monoisotopic (exact) mass is 438 g/mol. The number of alkyl halides is 1. The number of halogens is 1. The van der Waals surface area contributed by atoms with Gasteiger partial charge in [0.15, 0.2) is 0 Å². The van der Waals surface area contributed by atoms with Gasteiger partial charge in [-0.1, -0.05) is 12.1 Å². The number of nitrogens with zero attached hydrogens (tertiary/aromatic N) is 2. The van der Waals surface area contributed by atoms with Crippen LogP contribution in [-0.4, -0.2) is 55.4 Å². The first-order valence-corrected chi connectivity index (χ1v) is 9.74. The molecule has 1 aliphatic heterocycles. The van der Waals surface area contributed by atoms with Crippen LogP contribution in [0.1, 0.15) is 25.3 Å². The van der Waals surface area contributed by atoms with Gasteiger partial charge in [-0.3, -0.25) is 19.9 Å². The molecule has 0 saturated heterocycles. The number of methoxy groups -OCH3 is 1. The zero-order valence-electron chi connectivity index (χ0n) is 16.9. The van der Waals surface area contributed by atoms with E-state index in [2.05, 4.69) is 4.99 Å². The highest BCUT2D eigenvalue weighted by Gasteiger charge is 2.42. The summed E-state index contributed by atoms with van der Waals surface area (Å²) in [5, 5.41) is 11.2. The van der Waals surface area contributed by atoms with Crippen LogP contribution in [0.2, 0.25) is 0 Å². The van der Waals surface area contributed by atoms with E-state index >= 15 is 0 Å². The molecule has 0 saturated carbocycles. The lowest BCUT2D eigenvalue weighted by Crippen LogP contribution is -2.36. The van der Waals surface area contributed by atoms with Gasteiger partial charge in [-0.2, -0.15) is 0 Å². The van der Waals surface area contributed by atoms with Crippen molar-refractivity contribution in [1.82, 2.24) is 0 Å². The van der Waals surface area contributed by atoms with E-state index in [0.717, 1.165) is 0 Å². The van der Waals surface area contributed by atoms with Crippen LogP contribution in [-0.2, 0) is 23.8 Å². The maximum atomic E-state index is 12.9. The van der Waals surface area contributed by atoms with E-state index in [-0.39, 0.29) is 24.5 Å². The van der Waals surface area contributed by atoms with Crippen LogP contribution in [0, 0.1) is 16.0 Å². The van der Waals surface area contributed by atoms with Crippen LogP contribution >= 0.6 is 11.6 Å². The van der Waals surface area contributed by atoms with Crippen molar-refractivity contribution in [3.05, 3.63) is 51.2 Å². The second kappa shape index (κ2) is 10.8. The van der Waals surface area contributed by atoms with E-state index in [0.29, 0.717) is 29.5 Å². The Morgan fingerprint density at radius 2 is 1.97 bits per heavy atom. The number of benzene rings is 1. The number of ether oxygens (including phenoxy) is 3. The highest BCUT2D eigenvalue weighted by molar-refractivity contribution is 6.18. The fourth-order valence-electron chi connectivity index (χ4n) is 3.35. The molecular formula is C20H23ClN2O7. The summed E-state index contributed by atoms with van der Waals surface area (Å²) in [4.78, 5) is 40.5. The summed E-state index contributed by atoms with van der Waals surface area (Å²) in [6.45, 7) is 3.75. The van der Waals surface area contributed by atoms with Gasteiger partial charge >= 0.3 is 11.9 Å². The third-order valence-electron chi connectivity index (χ3n) is 4.63. The second-order valence-corrected chi connectivity index (χ2v) is 6.90. The SMILES string of the molecule is COC(=O)C1C(C)=NC(C)=C(C(=O)OCCOCCCl)C1c1cccc([N+](=O)[O-])c1. The second-order valence-electron chi connectivity index (χ2n) is 6.52.